The van der Waals surface area contributed by atoms with Gasteiger partial charge in [-0.3, -0.25) is 0 Å². The number of hydrogen-bond acceptors (Lipinski definition) is 2. The number of nitrogens with one attached hydrogen (secondary N) is 1. The van der Waals surface area contributed by atoms with E-state index in [1.165, 1.54) is 0 Å². The second-order valence-electron chi connectivity index (χ2n) is 4.52. The van der Waals surface area contributed by atoms with Gasteiger partial charge in [0.25, 0.3) is 0 Å². The summed E-state index contributed by atoms with van der Waals surface area (Å²) in [5.41, 5.74) is -0.306. The molecule has 1 N–H and O–H groups in total. The van der Waals surface area contributed by atoms with Crippen molar-refractivity contribution >= 4 is 0 Å². The molecular weight excluding hydrogens is 207 g/mol. The summed E-state index contributed by atoms with van der Waals surface area (Å²) in [7, 11) is 0. The minimum absolute atomic E-state index is 0.213. The molecule has 0 bridgehead atoms. The Morgan fingerprint density at radius 1 is 1.20 bits per heavy atom. The Kier molecular flexibility index (Phi) is 2.94. The Bertz CT molecular complexity index is 213. The van der Waals surface area contributed by atoms with Gasteiger partial charge in [0.05, 0.1) is 18.1 Å². The first-order valence-electron chi connectivity index (χ1n) is 5.43. The van der Waals surface area contributed by atoms with Crippen molar-refractivity contribution in [2.75, 3.05) is 19.7 Å². The molecular formula is C10H16F3NO. The molecule has 0 atom stereocenters. The fourth-order valence-corrected chi connectivity index (χ4v) is 2.50. The molecule has 88 valence electrons. The lowest BCUT2D eigenvalue weighted by Crippen LogP contribution is -2.52. The summed E-state index contributed by atoms with van der Waals surface area (Å²) in [6, 6.07) is 0. The lowest BCUT2D eigenvalue weighted by molar-refractivity contribution is -0.198. The van der Waals surface area contributed by atoms with Gasteiger partial charge in [-0.1, -0.05) is 0 Å². The Hall–Kier alpha value is -0.290. The van der Waals surface area contributed by atoms with Crippen molar-refractivity contribution in [2.45, 2.75) is 37.5 Å². The molecule has 2 aliphatic rings. The molecule has 0 aromatic rings. The number of halogens is 3. The fraction of sp³-hybridized carbons (Fsp3) is 1.00. The highest BCUT2D eigenvalue weighted by Gasteiger charge is 2.46. The van der Waals surface area contributed by atoms with Gasteiger partial charge in [0.1, 0.15) is 0 Å². The summed E-state index contributed by atoms with van der Waals surface area (Å²) in [5.74, 6) is -1.12. The van der Waals surface area contributed by atoms with Crippen molar-refractivity contribution in [2.24, 2.45) is 5.92 Å². The van der Waals surface area contributed by atoms with Crippen LogP contribution in [0.15, 0.2) is 0 Å². The SMILES string of the molecule is FC(F)(F)C1CCC2(CC1)CNCCO2. The molecule has 1 spiro atoms. The summed E-state index contributed by atoms with van der Waals surface area (Å²) >= 11 is 0. The van der Waals surface area contributed by atoms with E-state index in [0.717, 1.165) is 6.54 Å². The number of alkyl halides is 3. The molecule has 0 radical (unpaired) electrons. The topological polar surface area (TPSA) is 21.3 Å². The molecule has 2 rings (SSSR count). The van der Waals surface area contributed by atoms with E-state index in [1.54, 1.807) is 0 Å². The van der Waals surface area contributed by atoms with Gasteiger partial charge in [0.2, 0.25) is 0 Å². The second-order valence-corrected chi connectivity index (χ2v) is 4.52. The summed E-state index contributed by atoms with van der Waals surface area (Å²) in [6.45, 7) is 2.14. The van der Waals surface area contributed by atoms with Crippen LogP contribution in [0.4, 0.5) is 13.2 Å². The third kappa shape index (κ3) is 2.45. The van der Waals surface area contributed by atoms with Gasteiger partial charge in [-0.25, -0.2) is 0 Å². The van der Waals surface area contributed by atoms with Crippen LogP contribution in [0.1, 0.15) is 25.7 Å². The zero-order valence-corrected chi connectivity index (χ0v) is 8.57. The van der Waals surface area contributed by atoms with Crippen molar-refractivity contribution in [1.82, 2.24) is 5.32 Å². The Balaban J connectivity index is 1.91. The lowest BCUT2D eigenvalue weighted by Gasteiger charge is -2.43. The number of morpholine rings is 1. The monoisotopic (exact) mass is 223 g/mol. The molecule has 1 saturated heterocycles. The van der Waals surface area contributed by atoms with E-state index in [2.05, 4.69) is 5.32 Å². The molecule has 0 aromatic carbocycles. The standard InChI is InChI=1S/C10H16F3NO/c11-10(12,13)8-1-3-9(4-2-8)7-14-5-6-15-9/h8,14H,1-7H2. The van der Waals surface area contributed by atoms with Crippen LogP contribution < -0.4 is 5.32 Å². The third-order valence-electron chi connectivity index (χ3n) is 3.49. The van der Waals surface area contributed by atoms with Crippen molar-refractivity contribution in [3.8, 4) is 0 Å². The van der Waals surface area contributed by atoms with Gasteiger partial charge in [0.15, 0.2) is 0 Å². The molecule has 1 saturated carbocycles. The summed E-state index contributed by atoms with van der Waals surface area (Å²) in [4.78, 5) is 0. The summed E-state index contributed by atoms with van der Waals surface area (Å²) < 4.78 is 43.0. The Morgan fingerprint density at radius 3 is 2.33 bits per heavy atom. The van der Waals surface area contributed by atoms with Gasteiger partial charge in [-0.15, -0.1) is 0 Å². The Morgan fingerprint density at radius 2 is 1.87 bits per heavy atom. The third-order valence-corrected chi connectivity index (χ3v) is 3.49. The molecule has 5 heteroatoms. The largest absolute Gasteiger partial charge is 0.391 e. The van der Waals surface area contributed by atoms with Crippen molar-refractivity contribution in [3.05, 3.63) is 0 Å². The van der Waals surface area contributed by atoms with E-state index in [-0.39, 0.29) is 18.4 Å². The van der Waals surface area contributed by atoms with Crippen LogP contribution >= 0.6 is 0 Å². The average Bonchev–Trinajstić information content (AvgIpc) is 2.18. The van der Waals surface area contributed by atoms with E-state index in [1.807, 2.05) is 0 Å². The van der Waals surface area contributed by atoms with E-state index in [4.69, 9.17) is 4.74 Å². The maximum absolute atomic E-state index is 12.4. The van der Waals surface area contributed by atoms with Crippen LogP contribution in [-0.4, -0.2) is 31.5 Å². The first-order valence-corrected chi connectivity index (χ1v) is 5.43. The predicted molar refractivity (Wildman–Crippen MR) is 49.6 cm³/mol. The lowest BCUT2D eigenvalue weighted by atomic mass is 9.78. The van der Waals surface area contributed by atoms with Crippen molar-refractivity contribution in [1.29, 1.82) is 0 Å². The normalized spacial score (nSPS) is 38.2. The highest BCUT2D eigenvalue weighted by Crippen LogP contribution is 2.42. The quantitative estimate of drug-likeness (QED) is 0.679. The second kappa shape index (κ2) is 3.94. The first-order chi connectivity index (χ1) is 7.02. The molecule has 15 heavy (non-hydrogen) atoms. The van der Waals surface area contributed by atoms with Gasteiger partial charge < -0.3 is 10.1 Å². The van der Waals surface area contributed by atoms with Crippen LogP contribution in [0.2, 0.25) is 0 Å². The molecule has 1 heterocycles. The predicted octanol–water partition coefficient (Wildman–Crippen LogP) is 2.10. The fourth-order valence-electron chi connectivity index (χ4n) is 2.50. The minimum atomic E-state index is -4.02. The summed E-state index contributed by atoms with van der Waals surface area (Å²) in [5, 5.41) is 3.19. The molecule has 0 amide bonds. The molecule has 1 aliphatic heterocycles. The van der Waals surface area contributed by atoms with E-state index in [0.29, 0.717) is 26.0 Å². The van der Waals surface area contributed by atoms with Crippen LogP contribution in [0.25, 0.3) is 0 Å². The number of rotatable bonds is 0. The van der Waals surface area contributed by atoms with E-state index < -0.39 is 12.1 Å². The van der Waals surface area contributed by atoms with E-state index >= 15 is 0 Å². The van der Waals surface area contributed by atoms with Gasteiger partial charge in [-0.05, 0) is 25.7 Å². The van der Waals surface area contributed by atoms with Gasteiger partial charge in [0, 0.05) is 13.1 Å². The number of hydrogen-bond donors (Lipinski definition) is 1. The Labute approximate surface area is 87.2 Å². The highest BCUT2D eigenvalue weighted by molar-refractivity contribution is 4.92. The molecule has 2 fully saturated rings. The zero-order valence-electron chi connectivity index (χ0n) is 8.57. The van der Waals surface area contributed by atoms with Crippen molar-refractivity contribution in [3.63, 3.8) is 0 Å². The molecule has 2 nitrogen and oxygen atoms in total. The summed E-state index contributed by atoms with van der Waals surface area (Å²) in [6.07, 6.45) is -2.53. The smallest absolute Gasteiger partial charge is 0.372 e. The van der Waals surface area contributed by atoms with Gasteiger partial charge in [-0.2, -0.15) is 13.2 Å². The van der Waals surface area contributed by atoms with Crippen molar-refractivity contribution < 1.29 is 17.9 Å². The maximum Gasteiger partial charge on any atom is 0.391 e. The highest BCUT2D eigenvalue weighted by atomic mass is 19.4. The molecule has 0 unspecified atom stereocenters. The molecule has 1 aliphatic carbocycles. The van der Waals surface area contributed by atoms with Crippen LogP contribution in [0.3, 0.4) is 0 Å². The van der Waals surface area contributed by atoms with Gasteiger partial charge >= 0.3 is 6.18 Å². The van der Waals surface area contributed by atoms with Crippen LogP contribution in [-0.2, 0) is 4.74 Å². The van der Waals surface area contributed by atoms with E-state index in [9.17, 15) is 13.2 Å². The van der Waals surface area contributed by atoms with Crippen LogP contribution in [0.5, 0.6) is 0 Å². The zero-order chi connectivity index (χ0) is 10.9. The van der Waals surface area contributed by atoms with Crippen LogP contribution in [0, 0.1) is 5.92 Å². The first kappa shape index (κ1) is 11.2. The molecule has 0 aromatic heterocycles. The number of ether oxygens (including phenoxy) is 1. The minimum Gasteiger partial charge on any atom is -0.372 e. The maximum atomic E-state index is 12.4. The average molecular weight is 223 g/mol.